The van der Waals surface area contributed by atoms with Gasteiger partial charge in [0, 0.05) is 5.92 Å². The zero-order chi connectivity index (χ0) is 17.7. The SMILES string of the molecule is Cc1ccc2c(c1)-c1cc(C(C)c3cccc4ccccc34)ccc1C2. The van der Waals surface area contributed by atoms with Crippen molar-refractivity contribution < 1.29 is 0 Å². The molecule has 1 unspecified atom stereocenters. The Morgan fingerprint density at radius 1 is 0.731 bits per heavy atom. The van der Waals surface area contributed by atoms with Crippen molar-refractivity contribution >= 4 is 10.8 Å². The highest BCUT2D eigenvalue weighted by atomic mass is 14.2. The molecule has 126 valence electrons. The van der Waals surface area contributed by atoms with Gasteiger partial charge in [-0.15, -0.1) is 0 Å². The van der Waals surface area contributed by atoms with Crippen LogP contribution in [0.4, 0.5) is 0 Å². The summed E-state index contributed by atoms with van der Waals surface area (Å²) in [5, 5.41) is 2.68. The van der Waals surface area contributed by atoms with Crippen LogP contribution in [-0.4, -0.2) is 0 Å². The first-order valence-corrected chi connectivity index (χ1v) is 9.41. The third-order valence-electron chi connectivity index (χ3n) is 5.86. The summed E-state index contributed by atoms with van der Waals surface area (Å²) in [5.74, 6) is 0.375. The molecule has 0 bridgehead atoms. The minimum atomic E-state index is 0.375. The minimum absolute atomic E-state index is 0.375. The van der Waals surface area contributed by atoms with Gasteiger partial charge in [-0.05, 0) is 57.5 Å². The highest BCUT2D eigenvalue weighted by Crippen LogP contribution is 2.40. The molecule has 0 spiro atoms. The second-order valence-corrected chi connectivity index (χ2v) is 7.54. The molecule has 5 rings (SSSR count). The highest BCUT2D eigenvalue weighted by molar-refractivity contribution is 5.86. The summed E-state index contributed by atoms with van der Waals surface area (Å²) >= 11 is 0. The summed E-state index contributed by atoms with van der Waals surface area (Å²) < 4.78 is 0. The molecular formula is C26H22. The molecule has 0 N–H and O–H groups in total. The summed E-state index contributed by atoms with van der Waals surface area (Å²) in [4.78, 5) is 0. The van der Waals surface area contributed by atoms with E-state index in [1.807, 2.05) is 0 Å². The Bertz CT molecular complexity index is 1130. The maximum Gasteiger partial charge on any atom is 0.00673 e. The lowest BCUT2D eigenvalue weighted by atomic mass is 9.87. The van der Waals surface area contributed by atoms with Gasteiger partial charge in [0.15, 0.2) is 0 Å². The topological polar surface area (TPSA) is 0 Å². The van der Waals surface area contributed by atoms with Gasteiger partial charge in [-0.1, -0.05) is 91.3 Å². The molecule has 0 nitrogen and oxygen atoms in total. The lowest BCUT2D eigenvalue weighted by molar-refractivity contribution is 0.932. The first-order valence-electron chi connectivity index (χ1n) is 9.41. The molecule has 0 heteroatoms. The summed E-state index contributed by atoms with van der Waals surface area (Å²) in [7, 11) is 0. The molecule has 0 aliphatic heterocycles. The van der Waals surface area contributed by atoms with Crippen molar-refractivity contribution in [2.24, 2.45) is 0 Å². The van der Waals surface area contributed by atoms with Crippen LogP contribution in [0, 0.1) is 6.92 Å². The first-order chi connectivity index (χ1) is 12.7. The van der Waals surface area contributed by atoms with Gasteiger partial charge < -0.3 is 0 Å². The van der Waals surface area contributed by atoms with E-state index in [2.05, 4.69) is 92.7 Å². The molecule has 0 saturated heterocycles. The maximum atomic E-state index is 2.42. The zero-order valence-corrected chi connectivity index (χ0v) is 15.3. The number of hydrogen-bond acceptors (Lipinski definition) is 0. The van der Waals surface area contributed by atoms with E-state index >= 15 is 0 Å². The first kappa shape index (κ1) is 15.4. The lowest BCUT2D eigenvalue weighted by Crippen LogP contribution is -1.98. The normalized spacial score (nSPS) is 13.5. The van der Waals surface area contributed by atoms with Crippen LogP contribution in [0.5, 0.6) is 0 Å². The largest absolute Gasteiger partial charge is 0.0616 e. The van der Waals surface area contributed by atoms with Gasteiger partial charge in [0.05, 0.1) is 0 Å². The van der Waals surface area contributed by atoms with Crippen LogP contribution in [0.2, 0.25) is 0 Å². The van der Waals surface area contributed by atoms with Crippen molar-refractivity contribution in [1.82, 2.24) is 0 Å². The summed E-state index contributed by atoms with van der Waals surface area (Å²) in [6.45, 7) is 4.51. The minimum Gasteiger partial charge on any atom is -0.0616 e. The lowest BCUT2D eigenvalue weighted by Gasteiger charge is -2.17. The Labute approximate surface area is 155 Å². The van der Waals surface area contributed by atoms with Crippen molar-refractivity contribution in [3.63, 3.8) is 0 Å². The van der Waals surface area contributed by atoms with E-state index < -0.39 is 0 Å². The average Bonchev–Trinajstić information content (AvgIpc) is 3.04. The number of aryl methyl sites for hydroxylation is 1. The van der Waals surface area contributed by atoms with Crippen molar-refractivity contribution in [1.29, 1.82) is 0 Å². The third-order valence-corrected chi connectivity index (χ3v) is 5.86. The molecule has 1 aliphatic carbocycles. The van der Waals surface area contributed by atoms with Crippen molar-refractivity contribution in [2.75, 3.05) is 0 Å². The quantitative estimate of drug-likeness (QED) is 0.330. The second-order valence-electron chi connectivity index (χ2n) is 7.54. The van der Waals surface area contributed by atoms with Crippen molar-refractivity contribution in [2.45, 2.75) is 26.2 Å². The molecule has 0 aromatic heterocycles. The average molecular weight is 334 g/mol. The Hall–Kier alpha value is -2.86. The fraction of sp³-hybridized carbons (Fsp3) is 0.154. The predicted molar refractivity (Wildman–Crippen MR) is 111 cm³/mol. The van der Waals surface area contributed by atoms with Gasteiger partial charge in [-0.2, -0.15) is 0 Å². The summed E-state index contributed by atoms with van der Waals surface area (Å²) in [6, 6.07) is 29.3. The van der Waals surface area contributed by atoms with Gasteiger partial charge in [0.2, 0.25) is 0 Å². The maximum absolute atomic E-state index is 2.42. The van der Waals surface area contributed by atoms with E-state index in [0.717, 1.165) is 6.42 Å². The van der Waals surface area contributed by atoms with Gasteiger partial charge in [0.1, 0.15) is 0 Å². The molecular weight excluding hydrogens is 312 g/mol. The monoisotopic (exact) mass is 334 g/mol. The van der Waals surface area contributed by atoms with Gasteiger partial charge in [0.25, 0.3) is 0 Å². The fourth-order valence-electron chi connectivity index (χ4n) is 4.38. The van der Waals surface area contributed by atoms with Crippen LogP contribution < -0.4 is 0 Å². The van der Waals surface area contributed by atoms with E-state index in [1.54, 1.807) is 0 Å². The fourth-order valence-corrected chi connectivity index (χ4v) is 4.38. The number of benzene rings is 4. The molecule has 26 heavy (non-hydrogen) atoms. The Morgan fingerprint density at radius 2 is 1.46 bits per heavy atom. The van der Waals surface area contributed by atoms with Gasteiger partial charge in [-0.25, -0.2) is 0 Å². The molecule has 0 heterocycles. The smallest absolute Gasteiger partial charge is 0.00673 e. The predicted octanol–water partition coefficient (Wildman–Crippen LogP) is 6.87. The van der Waals surface area contributed by atoms with Crippen LogP contribution >= 0.6 is 0 Å². The number of rotatable bonds is 2. The van der Waals surface area contributed by atoms with E-state index in [4.69, 9.17) is 0 Å². The summed E-state index contributed by atoms with van der Waals surface area (Å²) in [5.41, 5.74) is 9.91. The van der Waals surface area contributed by atoms with Crippen LogP contribution in [0.25, 0.3) is 21.9 Å². The summed E-state index contributed by atoms with van der Waals surface area (Å²) in [6.07, 6.45) is 1.06. The van der Waals surface area contributed by atoms with E-state index in [1.165, 1.54) is 49.7 Å². The van der Waals surface area contributed by atoms with Crippen LogP contribution in [0.15, 0.2) is 78.9 Å². The number of hydrogen-bond donors (Lipinski definition) is 0. The number of fused-ring (bicyclic) bond motifs is 4. The molecule has 0 saturated carbocycles. The van der Waals surface area contributed by atoms with Crippen LogP contribution in [-0.2, 0) is 6.42 Å². The van der Waals surface area contributed by atoms with E-state index in [0.29, 0.717) is 5.92 Å². The van der Waals surface area contributed by atoms with Gasteiger partial charge >= 0.3 is 0 Å². The Kier molecular flexibility index (Phi) is 3.46. The van der Waals surface area contributed by atoms with Crippen LogP contribution in [0.1, 0.15) is 40.7 Å². The molecule has 1 aliphatic rings. The zero-order valence-electron chi connectivity index (χ0n) is 15.3. The van der Waals surface area contributed by atoms with Crippen LogP contribution in [0.3, 0.4) is 0 Å². The molecule has 4 aromatic carbocycles. The molecule has 0 fully saturated rings. The van der Waals surface area contributed by atoms with Gasteiger partial charge in [-0.3, -0.25) is 0 Å². The molecule has 1 atom stereocenters. The molecule has 0 amide bonds. The van der Waals surface area contributed by atoms with Crippen molar-refractivity contribution in [3.05, 3.63) is 107 Å². The third kappa shape index (κ3) is 2.37. The molecule has 0 radical (unpaired) electrons. The van der Waals surface area contributed by atoms with E-state index in [-0.39, 0.29) is 0 Å². The Balaban J connectivity index is 1.63. The standard InChI is InChI=1S/C26H22/c1-17-10-11-21-15-22-13-12-20(16-26(22)25(21)14-17)18(2)23-9-5-7-19-6-3-4-8-24(19)23/h3-14,16,18H,15H2,1-2H3. The van der Waals surface area contributed by atoms with E-state index in [9.17, 15) is 0 Å². The molecule has 4 aromatic rings. The van der Waals surface area contributed by atoms with Crippen molar-refractivity contribution in [3.8, 4) is 11.1 Å². The second kappa shape index (κ2) is 5.85. The Morgan fingerprint density at radius 3 is 2.35 bits per heavy atom. The highest BCUT2D eigenvalue weighted by Gasteiger charge is 2.20.